The number of carbonyl (C=O) groups excluding carboxylic acids is 3. The molecule has 0 bridgehead atoms. The highest BCUT2D eigenvalue weighted by atomic mass is 16.6. The van der Waals surface area contributed by atoms with Gasteiger partial charge in [0, 0.05) is 38.6 Å². The minimum Gasteiger partial charge on any atom is -0.493 e. The summed E-state index contributed by atoms with van der Waals surface area (Å²) < 4.78 is 22.3. The van der Waals surface area contributed by atoms with Gasteiger partial charge in [-0.05, 0) is 31.2 Å². The predicted molar refractivity (Wildman–Crippen MR) is 137 cm³/mol. The first kappa shape index (κ1) is 28.1. The number of pyridine rings is 1. The number of ether oxygens (including phenoxy) is 4. The van der Waals surface area contributed by atoms with Crippen molar-refractivity contribution in [1.82, 2.24) is 10.3 Å². The molecular formula is C28H36N2O7. The molecule has 37 heavy (non-hydrogen) atoms. The molecule has 4 atom stereocenters. The number of benzene rings is 1. The minimum atomic E-state index is -0.951. The third kappa shape index (κ3) is 8.01. The molecular weight excluding hydrogens is 476 g/mol. The van der Waals surface area contributed by atoms with E-state index in [1.807, 2.05) is 25.1 Å². The van der Waals surface area contributed by atoms with Gasteiger partial charge in [-0.2, -0.15) is 0 Å². The van der Waals surface area contributed by atoms with Gasteiger partial charge in [0.1, 0.15) is 12.1 Å². The first-order chi connectivity index (χ1) is 17.8. The summed E-state index contributed by atoms with van der Waals surface area (Å²) in [5.41, 5.74) is 1.11. The van der Waals surface area contributed by atoms with Gasteiger partial charge in [-0.15, -0.1) is 0 Å². The maximum absolute atomic E-state index is 13.1. The standard InChI is InChI=1S/C28H36N2O7/c1-5-9-21(20-10-7-6-8-11-20)17-22-16-18(2)36-28(33)23(13-15-35-22)30-27(32)25-26(37-19(3)31)24(34-4)12-14-29-25/h6-8,10-12,14,18,21-23H,5,9,13,15-17H2,1-4H3,(H,30,32)/t18-,21?,22-,23-/m0/s1. The Morgan fingerprint density at radius 3 is 2.65 bits per heavy atom. The van der Waals surface area contributed by atoms with Crippen molar-refractivity contribution < 1.29 is 33.3 Å². The summed E-state index contributed by atoms with van der Waals surface area (Å²) in [7, 11) is 1.39. The van der Waals surface area contributed by atoms with Crippen LogP contribution in [-0.4, -0.2) is 54.8 Å². The number of methoxy groups -OCH3 is 1. The SMILES string of the molecule is CCCC(C[C@@H]1C[C@H](C)OC(=O)[C@@H](NC(=O)c2nccc(OC)c2OC(C)=O)CCO1)c1ccccc1. The van der Waals surface area contributed by atoms with Crippen molar-refractivity contribution in [3.05, 3.63) is 53.9 Å². The van der Waals surface area contributed by atoms with Crippen LogP contribution in [0.3, 0.4) is 0 Å². The third-order valence-electron chi connectivity index (χ3n) is 6.27. The van der Waals surface area contributed by atoms with Gasteiger partial charge in [0.25, 0.3) is 5.91 Å². The van der Waals surface area contributed by atoms with E-state index in [0.29, 0.717) is 12.3 Å². The normalized spacial score (nSPS) is 21.0. The fraction of sp³-hybridized carbons (Fsp3) is 0.500. The highest BCUT2D eigenvalue weighted by Crippen LogP contribution is 2.31. The lowest BCUT2D eigenvalue weighted by molar-refractivity contribution is -0.151. The van der Waals surface area contributed by atoms with Gasteiger partial charge in [-0.25, -0.2) is 9.78 Å². The fourth-order valence-corrected chi connectivity index (χ4v) is 4.57. The largest absolute Gasteiger partial charge is 0.493 e. The van der Waals surface area contributed by atoms with Gasteiger partial charge in [0.15, 0.2) is 11.4 Å². The molecule has 0 saturated carbocycles. The predicted octanol–water partition coefficient (Wildman–Crippen LogP) is 4.20. The average Bonchev–Trinajstić information content (AvgIpc) is 2.93. The van der Waals surface area contributed by atoms with Crippen molar-refractivity contribution in [3.63, 3.8) is 0 Å². The molecule has 0 aliphatic carbocycles. The second-order valence-corrected chi connectivity index (χ2v) is 9.21. The number of amides is 1. The average molecular weight is 513 g/mol. The Morgan fingerprint density at radius 2 is 1.97 bits per heavy atom. The zero-order chi connectivity index (χ0) is 26.8. The van der Waals surface area contributed by atoms with E-state index < -0.39 is 23.9 Å². The second kappa shape index (κ2) is 13.7. The van der Waals surface area contributed by atoms with Gasteiger partial charge < -0.3 is 24.3 Å². The van der Waals surface area contributed by atoms with Crippen molar-refractivity contribution in [1.29, 1.82) is 0 Å². The molecule has 1 aromatic carbocycles. The summed E-state index contributed by atoms with van der Waals surface area (Å²) in [5, 5.41) is 2.66. The molecule has 1 N–H and O–H groups in total. The van der Waals surface area contributed by atoms with Crippen LogP contribution in [0.5, 0.6) is 11.5 Å². The molecule has 1 amide bonds. The molecule has 1 unspecified atom stereocenters. The zero-order valence-electron chi connectivity index (χ0n) is 21.9. The smallest absolute Gasteiger partial charge is 0.329 e. The van der Waals surface area contributed by atoms with Crippen molar-refractivity contribution >= 4 is 17.8 Å². The Kier molecular flexibility index (Phi) is 10.4. The number of rotatable bonds is 9. The second-order valence-electron chi connectivity index (χ2n) is 9.21. The first-order valence-corrected chi connectivity index (χ1v) is 12.7. The van der Waals surface area contributed by atoms with E-state index in [1.165, 1.54) is 31.9 Å². The van der Waals surface area contributed by atoms with Gasteiger partial charge in [-0.1, -0.05) is 43.7 Å². The van der Waals surface area contributed by atoms with E-state index in [9.17, 15) is 14.4 Å². The third-order valence-corrected chi connectivity index (χ3v) is 6.27. The van der Waals surface area contributed by atoms with Crippen LogP contribution in [0.1, 0.15) is 74.8 Å². The van der Waals surface area contributed by atoms with E-state index in [-0.39, 0.29) is 42.4 Å². The lowest BCUT2D eigenvalue weighted by Crippen LogP contribution is -2.43. The summed E-state index contributed by atoms with van der Waals surface area (Å²) >= 11 is 0. The first-order valence-electron chi connectivity index (χ1n) is 12.7. The lowest BCUT2D eigenvalue weighted by atomic mass is 9.88. The monoisotopic (exact) mass is 512 g/mol. The van der Waals surface area contributed by atoms with Crippen LogP contribution >= 0.6 is 0 Å². The van der Waals surface area contributed by atoms with Crippen molar-refractivity contribution in [2.75, 3.05) is 13.7 Å². The van der Waals surface area contributed by atoms with Gasteiger partial charge in [-0.3, -0.25) is 9.59 Å². The summed E-state index contributed by atoms with van der Waals surface area (Å²) in [6, 6.07) is 10.9. The summed E-state index contributed by atoms with van der Waals surface area (Å²) in [6.07, 6.45) is 4.57. The Morgan fingerprint density at radius 1 is 1.22 bits per heavy atom. The Hall–Kier alpha value is -3.46. The highest BCUT2D eigenvalue weighted by molar-refractivity contribution is 5.98. The number of nitrogens with zero attached hydrogens (tertiary/aromatic N) is 1. The van der Waals surface area contributed by atoms with Crippen molar-refractivity contribution in [3.8, 4) is 11.5 Å². The molecule has 1 saturated heterocycles. The molecule has 3 rings (SSSR count). The molecule has 1 aliphatic rings. The number of cyclic esters (lactones) is 1. The summed E-state index contributed by atoms with van der Waals surface area (Å²) in [4.78, 5) is 41.6. The Labute approximate surface area is 217 Å². The van der Waals surface area contributed by atoms with Crippen LogP contribution in [0.15, 0.2) is 42.6 Å². The Bertz CT molecular complexity index is 1060. The van der Waals surface area contributed by atoms with Crippen LogP contribution in [0.25, 0.3) is 0 Å². The highest BCUT2D eigenvalue weighted by Gasteiger charge is 2.31. The molecule has 9 heteroatoms. The minimum absolute atomic E-state index is 0.0929. The van der Waals surface area contributed by atoms with Gasteiger partial charge in [0.05, 0.1) is 13.2 Å². The molecule has 9 nitrogen and oxygen atoms in total. The maximum Gasteiger partial charge on any atom is 0.329 e. The van der Waals surface area contributed by atoms with E-state index in [4.69, 9.17) is 18.9 Å². The number of hydrogen-bond donors (Lipinski definition) is 1. The Balaban J connectivity index is 1.71. The van der Waals surface area contributed by atoms with Crippen molar-refractivity contribution in [2.24, 2.45) is 0 Å². The quantitative estimate of drug-likeness (QED) is 0.498. The van der Waals surface area contributed by atoms with E-state index in [0.717, 1.165) is 19.3 Å². The fourth-order valence-electron chi connectivity index (χ4n) is 4.57. The van der Waals surface area contributed by atoms with Crippen LogP contribution in [0.2, 0.25) is 0 Å². The molecule has 2 heterocycles. The number of carbonyl (C=O) groups is 3. The topological polar surface area (TPSA) is 113 Å². The maximum atomic E-state index is 13.1. The van der Waals surface area contributed by atoms with Crippen LogP contribution in [0, 0.1) is 0 Å². The van der Waals surface area contributed by atoms with Crippen LogP contribution in [-0.2, 0) is 19.1 Å². The molecule has 2 aromatic rings. The molecule has 0 spiro atoms. The lowest BCUT2D eigenvalue weighted by Gasteiger charge is -2.25. The molecule has 200 valence electrons. The van der Waals surface area contributed by atoms with Crippen molar-refractivity contribution in [2.45, 2.75) is 77.0 Å². The van der Waals surface area contributed by atoms with Gasteiger partial charge >= 0.3 is 11.9 Å². The van der Waals surface area contributed by atoms with E-state index >= 15 is 0 Å². The number of hydrogen-bond acceptors (Lipinski definition) is 8. The van der Waals surface area contributed by atoms with Crippen LogP contribution < -0.4 is 14.8 Å². The molecule has 1 aromatic heterocycles. The molecule has 0 radical (unpaired) electrons. The zero-order valence-corrected chi connectivity index (χ0v) is 21.9. The summed E-state index contributed by atoms with van der Waals surface area (Å²) in [5.74, 6) is -1.46. The van der Waals surface area contributed by atoms with Crippen LogP contribution in [0.4, 0.5) is 0 Å². The molecule has 1 aliphatic heterocycles. The number of esters is 2. The summed E-state index contributed by atoms with van der Waals surface area (Å²) in [6.45, 7) is 5.48. The van der Waals surface area contributed by atoms with Gasteiger partial charge in [0.2, 0.25) is 5.75 Å². The number of aromatic nitrogens is 1. The molecule has 1 fully saturated rings. The number of nitrogens with one attached hydrogen (secondary N) is 1. The van der Waals surface area contributed by atoms with E-state index in [1.54, 1.807) is 0 Å². The van der Waals surface area contributed by atoms with E-state index in [2.05, 4.69) is 29.4 Å².